The Hall–Kier alpha value is -1.49. The van der Waals surface area contributed by atoms with Crippen molar-refractivity contribution in [2.45, 2.75) is 25.4 Å². The van der Waals surface area contributed by atoms with Crippen LogP contribution in [-0.2, 0) is 11.3 Å². The number of aromatic nitrogens is 2. The second kappa shape index (κ2) is 4.84. The number of amides is 1. The smallest absolute Gasteiger partial charge is 0.220 e. The van der Waals surface area contributed by atoms with Crippen molar-refractivity contribution in [1.82, 2.24) is 20.6 Å². The number of rotatable bonds is 4. The van der Waals surface area contributed by atoms with Crippen molar-refractivity contribution in [3.8, 4) is 0 Å². The van der Waals surface area contributed by atoms with Crippen molar-refractivity contribution < 1.29 is 4.79 Å². The van der Waals surface area contributed by atoms with Crippen LogP contribution in [0.25, 0.3) is 0 Å². The quantitative estimate of drug-likeness (QED) is 0.718. The van der Waals surface area contributed by atoms with Crippen LogP contribution in [0.1, 0.15) is 18.5 Å². The van der Waals surface area contributed by atoms with Gasteiger partial charge in [0.25, 0.3) is 0 Å². The van der Waals surface area contributed by atoms with Gasteiger partial charge in [0.05, 0.1) is 5.69 Å². The van der Waals surface area contributed by atoms with Gasteiger partial charge in [-0.1, -0.05) is 0 Å². The molecule has 1 aromatic heterocycles. The molecule has 0 aliphatic carbocycles. The lowest BCUT2D eigenvalue weighted by atomic mass is 10.2. The molecule has 0 bridgehead atoms. The maximum atomic E-state index is 10.9. The summed E-state index contributed by atoms with van der Waals surface area (Å²) in [5.41, 5.74) is 0.918. The first-order valence-electron chi connectivity index (χ1n) is 5.09. The number of carbonyl (C=O) groups is 1. The van der Waals surface area contributed by atoms with E-state index in [-0.39, 0.29) is 11.9 Å². The number of hydrogen-bond acceptors (Lipinski definition) is 4. The van der Waals surface area contributed by atoms with Crippen LogP contribution in [0.3, 0.4) is 0 Å². The summed E-state index contributed by atoms with van der Waals surface area (Å²) in [6, 6.07) is 0.272. The Bertz CT molecular complexity index is 327. The molecule has 1 aromatic rings. The normalized spacial score (nSPS) is 20.3. The summed E-state index contributed by atoms with van der Waals surface area (Å²) >= 11 is 0. The number of hydrogen-bond donors (Lipinski definition) is 2. The Morgan fingerprint density at radius 2 is 2.47 bits per heavy atom. The van der Waals surface area contributed by atoms with E-state index in [1.807, 2.05) is 0 Å². The SMILES string of the molecule is O=C1CCC(CNCc2cnccn2)N1. The predicted octanol–water partition coefficient (Wildman–Crippen LogP) is -0.155. The molecule has 1 fully saturated rings. The summed E-state index contributed by atoms with van der Waals surface area (Å²) < 4.78 is 0. The van der Waals surface area contributed by atoms with Crippen LogP contribution in [0.15, 0.2) is 18.6 Å². The zero-order chi connectivity index (χ0) is 10.5. The highest BCUT2D eigenvalue weighted by atomic mass is 16.1. The monoisotopic (exact) mass is 206 g/mol. The summed E-state index contributed by atoms with van der Waals surface area (Å²) in [6.07, 6.45) is 6.64. The number of carbonyl (C=O) groups excluding carboxylic acids is 1. The standard InChI is InChI=1S/C10H14N4O/c15-10-2-1-8(14-10)5-12-7-9-6-11-3-4-13-9/h3-4,6,8,12H,1-2,5,7H2,(H,14,15). The lowest BCUT2D eigenvalue weighted by Gasteiger charge is -2.10. The third-order valence-corrected chi connectivity index (χ3v) is 2.40. The van der Waals surface area contributed by atoms with Gasteiger partial charge in [-0.15, -0.1) is 0 Å². The molecule has 1 aliphatic heterocycles. The molecule has 1 amide bonds. The molecule has 0 saturated carbocycles. The van der Waals surface area contributed by atoms with Gasteiger partial charge in [-0.05, 0) is 6.42 Å². The molecule has 1 atom stereocenters. The molecule has 0 radical (unpaired) electrons. The maximum absolute atomic E-state index is 10.9. The van der Waals surface area contributed by atoms with Crippen molar-refractivity contribution in [2.75, 3.05) is 6.54 Å². The van der Waals surface area contributed by atoms with Crippen LogP contribution in [0.2, 0.25) is 0 Å². The molecule has 1 unspecified atom stereocenters. The summed E-state index contributed by atoms with van der Waals surface area (Å²) in [4.78, 5) is 19.0. The van der Waals surface area contributed by atoms with Crippen LogP contribution in [-0.4, -0.2) is 28.5 Å². The van der Waals surface area contributed by atoms with Crippen LogP contribution in [0.5, 0.6) is 0 Å². The van der Waals surface area contributed by atoms with Crippen molar-refractivity contribution in [2.24, 2.45) is 0 Å². The number of nitrogens with zero attached hydrogens (tertiary/aromatic N) is 2. The first-order valence-corrected chi connectivity index (χ1v) is 5.09. The number of nitrogens with one attached hydrogen (secondary N) is 2. The van der Waals surface area contributed by atoms with Crippen LogP contribution < -0.4 is 10.6 Å². The lowest BCUT2D eigenvalue weighted by Crippen LogP contribution is -2.35. The van der Waals surface area contributed by atoms with Crippen LogP contribution in [0.4, 0.5) is 0 Å². The molecule has 80 valence electrons. The highest BCUT2D eigenvalue weighted by Gasteiger charge is 2.19. The highest BCUT2D eigenvalue weighted by molar-refractivity contribution is 5.78. The van der Waals surface area contributed by atoms with E-state index < -0.39 is 0 Å². The van der Waals surface area contributed by atoms with E-state index in [1.165, 1.54) is 0 Å². The fourth-order valence-corrected chi connectivity index (χ4v) is 1.63. The van der Waals surface area contributed by atoms with Crippen molar-refractivity contribution in [1.29, 1.82) is 0 Å². The first kappa shape index (κ1) is 10.0. The topological polar surface area (TPSA) is 66.9 Å². The Morgan fingerprint density at radius 3 is 3.13 bits per heavy atom. The van der Waals surface area contributed by atoms with E-state index in [0.717, 1.165) is 18.7 Å². The van der Waals surface area contributed by atoms with E-state index in [9.17, 15) is 4.79 Å². The zero-order valence-electron chi connectivity index (χ0n) is 8.44. The van der Waals surface area contributed by atoms with E-state index in [4.69, 9.17) is 0 Å². The molecular formula is C10H14N4O. The van der Waals surface area contributed by atoms with E-state index >= 15 is 0 Å². The molecule has 0 spiro atoms. The summed E-state index contributed by atoms with van der Waals surface area (Å²) in [5.74, 6) is 0.154. The van der Waals surface area contributed by atoms with Gasteiger partial charge in [0, 0.05) is 44.1 Å². The third kappa shape index (κ3) is 2.99. The molecule has 15 heavy (non-hydrogen) atoms. The van der Waals surface area contributed by atoms with E-state index in [2.05, 4.69) is 20.6 Å². The van der Waals surface area contributed by atoms with Gasteiger partial charge in [0.2, 0.25) is 5.91 Å². The van der Waals surface area contributed by atoms with Crippen LogP contribution >= 0.6 is 0 Å². The Balaban J connectivity index is 1.69. The lowest BCUT2D eigenvalue weighted by molar-refractivity contribution is -0.119. The van der Waals surface area contributed by atoms with Gasteiger partial charge in [0.15, 0.2) is 0 Å². The Labute approximate surface area is 88.3 Å². The molecular weight excluding hydrogens is 192 g/mol. The second-order valence-electron chi connectivity index (χ2n) is 3.63. The first-order chi connectivity index (χ1) is 7.34. The molecule has 2 N–H and O–H groups in total. The fourth-order valence-electron chi connectivity index (χ4n) is 1.63. The minimum Gasteiger partial charge on any atom is -0.352 e. The van der Waals surface area contributed by atoms with Gasteiger partial charge in [-0.25, -0.2) is 0 Å². The predicted molar refractivity (Wildman–Crippen MR) is 54.9 cm³/mol. The Kier molecular flexibility index (Phi) is 3.24. The molecule has 1 saturated heterocycles. The van der Waals surface area contributed by atoms with Gasteiger partial charge in [-0.2, -0.15) is 0 Å². The van der Waals surface area contributed by atoms with E-state index in [0.29, 0.717) is 13.0 Å². The summed E-state index contributed by atoms with van der Waals surface area (Å²) in [5, 5.41) is 6.15. The van der Waals surface area contributed by atoms with Gasteiger partial charge >= 0.3 is 0 Å². The van der Waals surface area contributed by atoms with Crippen molar-refractivity contribution in [3.05, 3.63) is 24.3 Å². The second-order valence-corrected chi connectivity index (χ2v) is 3.63. The Morgan fingerprint density at radius 1 is 1.53 bits per heavy atom. The van der Waals surface area contributed by atoms with Gasteiger partial charge in [0.1, 0.15) is 0 Å². The average molecular weight is 206 g/mol. The molecule has 2 heterocycles. The molecule has 1 aliphatic rings. The maximum Gasteiger partial charge on any atom is 0.220 e. The van der Waals surface area contributed by atoms with E-state index in [1.54, 1.807) is 18.6 Å². The fraction of sp³-hybridized carbons (Fsp3) is 0.500. The average Bonchev–Trinajstić information content (AvgIpc) is 2.66. The molecule has 5 nitrogen and oxygen atoms in total. The minimum absolute atomic E-state index is 0.154. The zero-order valence-corrected chi connectivity index (χ0v) is 8.44. The van der Waals surface area contributed by atoms with Gasteiger partial charge < -0.3 is 10.6 Å². The van der Waals surface area contributed by atoms with Crippen molar-refractivity contribution in [3.63, 3.8) is 0 Å². The largest absolute Gasteiger partial charge is 0.352 e. The third-order valence-electron chi connectivity index (χ3n) is 2.40. The van der Waals surface area contributed by atoms with Crippen LogP contribution in [0, 0.1) is 0 Å². The van der Waals surface area contributed by atoms with Gasteiger partial charge in [-0.3, -0.25) is 14.8 Å². The highest BCUT2D eigenvalue weighted by Crippen LogP contribution is 2.05. The molecule has 5 heteroatoms. The minimum atomic E-state index is 0.154. The molecule has 0 aromatic carbocycles. The summed E-state index contributed by atoms with van der Waals surface area (Å²) in [6.45, 7) is 1.49. The summed E-state index contributed by atoms with van der Waals surface area (Å²) in [7, 11) is 0. The van der Waals surface area contributed by atoms with Crippen molar-refractivity contribution >= 4 is 5.91 Å². The molecule has 2 rings (SSSR count).